The first-order valence-electron chi connectivity index (χ1n) is 4.40. The van der Waals surface area contributed by atoms with Crippen molar-refractivity contribution in [2.45, 2.75) is 18.4 Å². The maximum absolute atomic E-state index is 10.9. The van der Waals surface area contributed by atoms with E-state index in [1.165, 1.54) is 0 Å². The molecular formula is C10H10BrNO2. The summed E-state index contributed by atoms with van der Waals surface area (Å²) in [5, 5.41) is 12.0. The van der Waals surface area contributed by atoms with Gasteiger partial charge in [0.05, 0.1) is 0 Å². The molecule has 1 aliphatic rings. The van der Waals surface area contributed by atoms with Crippen LogP contribution in [0.5, 0.6) is 0 Å². The van der Waals surface area contributed by atoms with Crippen molar-refractivity contribution in [3.63, 3.8) is 0 Å². The number of anilines is 1. The lowest BCUT2D eigenvalue weighted by Crippen LogP contribution is -2.31. The minimum absolute atomic E-state index is 0.703. The van der Waals surface area contributed by atoms with Crippen molar-refractivity contribution in [1.29, 1.82) is 0 Å². The maximum atomic E-state index is 10.9. The molecule has 74 valence electrons. The van der Waals surface area contributed by atoms with Crippen molar-refractivity contribution in [2.24, 2.45) is 0 Å². The Balaban J connectivity index is 2.15. The average molecular weight is 256 g/mol. The summed E-state index contributed by atoms with van der Waals surface area (Å²) in [6.07, 6.45) is 1.41. The first kappa shape index (κ1) is 9.52. The summed E-state index contributed by atoms with van der Waals surface area (Å²) in [5.41, 5.74) is 0.139. The number of carbonyl (C=O) groups is 1. The molecule has 2 N–H and O–H groups in total. The molecular weight excluding hydrogens is 246 g/mol. The zero-order chi connectivity index (χ0) is 10.2. The molecule has 1 saturated carbocycles. The van der Waals surface area contributed by atoms with Gasteiger partial charge in [-0.05, 0) is 31.0 Å². The van der Waals surface area contributed by atoms with E-state index in [1.807, 2.05) is 24.3 Å². The van der Waals surface area contributed by atoms with E-state index in [1.54, 1.807) is 0 Å². The van der Waals surface area contributed by atoms with Crippen LogP contribution in [0.4, 0.5) is 5.69 Å². The van der Waals surface area contributed by atoms with Crippen LogP contribution in [0, 0.1) is 0 Å². The minimum atomic E-state index is -0.766. The SMILES string of the molecule is O=C(O)C1(Nc2cccc(Br)c2)CC1. The van der Waals surface area contributed by atoms with Crippen LogP contribution in [0.3, 0.4) is 0 Å². The highest BCUT2D eigenvalue weighted by molar-refractivity contribution is 9.10. The highest BCUT2D eigenvalue weighted by Crippen LogP contribution is 2.39. The molecule has 3 nitrogen and oxygen atoms in total. The Kier molecular flexibility index (Phi) is 2.23. The van der Waals surface area contributed by atoms with Crippen LogP contribution in [-0.4, -0.2) is 16.6 Å². The molecule has 2 rings (SSSR count). The number of hydrogen-bond donors (Lipinski definition) is 2. The zero-order valence-corrected chi connectivity index (χ0v) is 9.04. The molecule has 0 aromatic heterocycles. The van der Waals surface area contributed by atoms with Gasteiger partial charge >= 0.3 is 5.97 Å². The number of rotatable bonds is 3. The Hall–Kier alpha value is -1.03. The van der Waals surface area contributed by atoms with E-state index < -0.39 is 11.5 Å². The van der Waals surface area contributed by atoms with Crippen molar-refractivity contribution >= 4 is 27.6 Å². The van der Waals surface area contributed by atoms with Gasteiger partial charge in [-0.15, -0.1) is 0 Å². The van der Waals surface area contributed by atoms with Gasteiger partial charge in [0, 0.05) is 10.2 Å². The van der Waals surface area contributed by atoms with Crippen molar-refractivity contribution in [3.05, 3.63) is 28.7 Å². The molecule has 14 heavy (non-hydrogen) atoms. The third-order valence-electron chi connectivity index (χ3n) is 2.37. The lowest BCUT2D eigenvalue weighted by Gasteiger charge is -2.13. The van der Waals surface area contributed by atoms with Crippen LogP contribution in [-0.2, 0) is 4.79 Å². The summed E-state index contributed by atoms with van der Waals surface area (Å²) >= 11 is 3.34. The molecule has 1 aromatic rings. The summed E-state index contributed by atoms with van der Waals surface area (Å²) in [7, 11) is 0. The van der Waals surface area contributed by atoms with Crippen molar-refractivity contribution in [3.8, 4) is 0 Å². The molecule has 0 heterocycles. The van der Waals surface area contributed by atoms with E-state index in [0.717, 1.165) is 10.2 Å². The molecule has 0 bridgehead atoms. The Morgan fingerprint density at radius 3 is 2.71 bits per heavy atom. The van der Waals surface area contributed by atoms with Crippen LogP contribution in [0.25, 0.3) is 0 Å². The zero-order valence-electron chi connectivity index (χ0n) is 7.46. The van der Waals surface area contributed by atoms with Gasteiger partial charge in [0.2, 0.25) is 0 Å². The van der Waals surface area contributed by atoms with Crippen molar-refractivity contribution < 1.29 is 9.90 Å². The highest BCUT2D eigenvalue weighted by atomic mass is 79.9. The molecule has 0 atom stereocenters. The smallest absolute Gasteiger partial charge is 0.329 e. The van der Waals surface area contributed by atoms with Gasteiger partial charge in [-0.25, -0.2) is 4.79 Å². The number of carboxylic acids is 1. The van der Waals surface area contributed by atoms with Crippen LogP contribution in [0.15, 0.2) is 28.7 Å². The predicted octanol–water partition coefficient (Wildman–Crippen LogP) is 2.48. The Morgan fingerprint density at radius 2 is 2.21 bits per heavy atom. The number of carboxylic acid groups (broad SMARTS) is 1. The first-order chi connectivity index (χ1) is 6.62. The first-order valence-corrected chi connectivity index (χ1v) is 5.19. The minimum Gasteiger partial charge on any atom is -0.480 e. The fraction of sp³-hybridized carbons (Fsp3) is 0.300. The molecule has 1 fully saturated rings. The van der Waals surface area contributed by atoms with Gasteiger partial charge in [-0.2, -0.15) is 0 Å². The van der Waals surface area contributed by atoms with E-state index in [-0.39, 0.29) is 0 Å². The molecule has 0 aliphatic heterocycles. The molecule has 0 spiro atoms. The lowest BCUT2D eigenvalue weighted by atomic mass is 10.2. The van der Waals surface area contributed by atoms with E-state index >= 15 is 0 Å². The summed E-state index contributed by atoms with van der Waals surface area (Å²) in [6.45, 7) is 0. The molecule has 0 unspecified atom stereocenters. The van der Waals surface area contributed by atoms with Crippen LogP contribution < -0.4 is 5.32 Å². The third kappa shape index (κ3) is 1.75. The number of halogens is 1. The quantitative estimate of drug-likeness (QED) is 0.873. The molecule has 0 amide bonds. The number of nitrogens with one attached hydrogen (secondary N) is 1. The standard InChI is InChI=1S/C10H10BrNO2/c11-7-2-1-3-8(6-7)12-10(4-5-10)9(13)14/h1-3,6,12H,4-5H2,(H,13,14). The largest absolute Gasteiger partial charge is 0.480 e. The second-order valence-electron chi connectivity index (χ2n) is 3.52. The van der Waals surface area contributed by atoms with Gasteiger partial charge < -0.3 is 10.4 Å². The summed E-state index contributed by atoms with van der Waals surface area (Å²) in [5.74, 6) is -0.766. The normalized spacial score (nSPS) is 17.5. The Bertz CT molecular complexity index is 374. The molecule has 1 aromatic carbocycles. The Labute approximate surface area is 90.3 Å². The summed E-state index contributed by atoms with van der Waals surface area (Å²) in [6, 6.07) is 7.53. The number of benzene rings is 1. The van der Waals surface area contributed by atoms with Gasteiger partial charge in [0.1, 0.15) is 5.54 Å². The van der Waals surface area contributed by atoms with E-state index in [9.17, 15) is 4.79 Å². The number of hydrogen-bond acceptors (Lipinski definition) is 2. The van der Waals surface area contributed by atoms with Crippen LogP contribution in [0.1, 0.15) is 12.8 Å². The second kappa shape index (κ2) is 3.28. The average Bonchev–Trinajstić information content (AvgIpc) is 2.85. The number of aliphatic carboxylic acids is 1. The Morgan fingerprint density at radius 1 is 1.50 bits per heavy atom. The highest BCUT2D eigenvalue weighted by Gasteiger charge is 2.50. The second-order valence-corrected chi connectivity index (χ2v) is 4.44. The van der Waals surface area contributed by atoms with Gasteiger partial charge in [0.15, 0.2) is 0 Å². The van der Waals surface area contributed by atoms with E-state index in [2.05, 4.69) is 21.2 Å². The van der Waals surface area contributed by atoms with E-state index in [4.69, 9.17) is 5.11 Å². The van der Waals surface area contributed by atoms with E-state index in [0.29, 0.717) is 12.8 Å². The van der Waals surface area contributed by atoms with Crippen LogP contribution in [0.2, 0.25) is 0 Å². The summed E-state index contributed by atoms with van der Waals surface area (Å²) in [4.78, 5) is 10.9. The third-order valence-corrected chi connectivity index (χ3v) is 2.86. The molecule has 0 saturated heterocycles. The van der Waals surface area contributed by atoms with Crippen molar-refractivity contribution in [2.75, 3.05) is 5.32 Å². The fourth-order valence-corrected chi connectivity index (χ4v) is 1.76. The predicted molar refractivity (Wildman–Crippen MR) is 57.4 cm³/mol. The fourth-order valence-electron chi connectivity index (χ4n) is 1.36. The molecule has 4 heteroatoms. The maximum Gasteiger partial charge on any atom is 0.329 e. The topological polar surface area (TPSA) is 49.3 Å². The van der Waals surface area contributed by atoms with Gasteiger partial charge in [0.25, 0.3) is 0 Å². The van der Waals surface area contributed by atoms with Gasteiger partial charge in [-0.3, -0.25) is 0 Å². The molecule has 1 aliphatic carbocycles. The summed E-state index contributed by atoms with van der Waals surface area (Å²) < 4.78 is 0.948. The van der Waals surface area contributed by atoms with Gasteiger partial charge in [-0.1, -0.05) is 22.0 Å². The van der Waals surface area contributed by atoms with Crippen molar-refractivity contribution in [1.82, 2.24) is 0 Å². The van der Waals surface area contributed by atoms with Crippen LogP contribution >= 0.6 is 15.9 Å². The molecule has 0 radical (unpaired) electrons. The lowest BCUT2D eigenvalue weighted by molar-refractivity contribution is -0.138. The monoisotopic (exact) mass is 255 g/mol.